The van der Waals surface area contributed by atoms with E-state index in [1.165, 1.54) is 45.5 Å². The lowest BCUT2D eigenvalue weighted by atomic mass is 9.67. The minimum absolute atomic E-state index is 0.0330. The summed E-state index contributed by atoms with van der Waals surface area (Å²) in [6.07, 6.45) is 1.52. The molecule has 1 amide bonds. The Morgan fingerprint density at radius 3 is 2.12 bits per heavy atom. The van der Waals surface area contributed by atoms with Crippen LogP contribution in [-0.4, -0.2) is 65.1 Å². The van der Waals surface area contributed by atoms with Gasteiger partial charge in [-0.15, -0.1) is 6.58 Å². The topological polar surface area (TPSA) is 86.7 Å². The molecule has 1 aliphatic rings. The molecule has 3 aromatic rings. The monoisotopic (exact) mass is 577 g/mol. The van der Waals surface area contributed by atoms with E-state index in [9.17, 15) is 9.90 Å². The Bertz CT molecular complexity index is 1470. The molecule has 0 saturated heterocycles. The van der Waals surface area contributed by atoms with Crippen LogP contribution in [0.4, 0.5) is 4.39 Å². The van der Waals surface area contributed by atoms with Crippen LogP contribution in [0, 0.1) is 5.82 Å². The van der Waals surface area contributed by atoms with E-state index in [2.05, 4.69) is 6.58 Å². The number of carbonyl (C=O) groups excluding carboxylic acids is 1. The molecule has 0 radical (unpaired) electrons. The van der Waals surface area contributed by atoms with Gasteiger partial charge in [-0.05, 0) is 23.3 Å². The number of hydrogen-bond acceptors (Lipinski definition) is 7. The number of likely N-dealkylation sites (N-methyl/N-ethyl adjacent to an activating group) is 1. The Hall–Kier alpha value is -4.34. The fourth-order valence-electron chi connectivity index (χ4n) is 5.84. The zero-order chi connectivity index (χ0) is 30.7. The maximum Gasteiger partial charge on any atom is 0.253 e. The number of ether oxygens (including phenoxy) is 5. The molecule has 1 N–H and O–H groups in total. The Morgan fingerprint density at radius 2 is 1.60 bits per heavy atom. The van der Waals surface area contributed by atoms with Gasteiger partial charge in [-0.2, -0.15) is 0 Å². The van der Waals surface area contributed by atoms with E-state index in [0.29, 0.717) is 16.9 Å². The average Bonchev–Trinajstić information content (AvgIpc) is 3.24. The fraction of sp³-hybridized carbons (Fsp3) is 0.303. The van der Waals surface area contributed by atoms with Gasteiger partial charge in [-0.3, -0.25) is 4.79 Å². The molecule has 3 aromatic carbocycles. The number of hydrogen-bond donors (Lipinski definition) is 1. The van der Waals surface area contributed by atoms with E-state index < -0.39 is 28.8 Å². The summed E-state index contributed by atoms with van der Waals surface area (Å²) >= 11 is 0. The largest absolute Gasteiger partial charge is 0.497 e. The van der Waals surface area contributed by atoms with Crippen molar-refractivity contribution in [2.75, 3.05) is 49.1 Å². The fourth-order valence-corrected chi connectivity index (χ4v) is 5.84. The number of benzene rings is 3. The van der Waals surface area contributed by atoms with Gasteiger partial charge in [-0.25, -0.2) is 4.39 Å². The van der Waals surface area contributed by atoms with E-state index in [4.69, 9.17) is 23.7 Å². The molecule has 0 fully saturated rings. The van der Waals surface area contributed by atoms with Gasteiger partial charge in [0.15, 0.2) is 5.60 Å². The zero-order valence-corrected chi connectivity index (χ0v) is 24.6. The number of methoxy groups -OCH3 is 4. The smallest absolute Gasteiger partial charge is 0.253 e. The number of carbonyl (C=O) groups is 1. The normalized spacial score (nSPS) is 21.6. The molecule has 3 atom stereocenters. The summed E-state index contributed by atoms with van der Waals surface area (Å²) in [6.45, 7) is 3.75. The van der Waals surface area contributed by atoms with Gasteiger partial charge < -0.3 is 33.7 Å². The van der Waals surface area contributed by atoms with Crippen LogP contribution in [0.15, 0.2) is 90.7 Å². The third kappa shape index (κ3) is 4.68. The van der Waals surface area contributed by atoms with Crippen molar-refractivity contribution < 1.29 is 38.0 Å². The Morgan fingerprint density at radius 1 is 0.952 bits per heavy atom. The second-order valence-electron chi connectivity index (χ2n) is 9.95. The second kappa shape index (κ2) is 12.3. The molecule has 0 unspecified atom stereocenters. The SMILES string of the molecule is C=CCO[C@@]1(c2ccc(OC)cc2)[C@H](c2ccccc2)C(C(=O)N(C)C)=C(OC)[C@@]1(O)c1c(F)cc(OC)cc1OC. The molecule has 0 spiro atoms. The van der Waals surface area contributed by atoms with Crippen molar-refractivity contribution in [1.82, 2.24) is 4.90 Å². The van der Waals surface area contributed by atoms with Gasteiger partial charge >= 0.3 is 0 Å². The highest BCUT2D eigenvalue weighted by Crippen LogP contribution is 2.66. The molecule has 42 heavy (non-hydrogen) atoms. The van der Waals surface area contributed by atoms with Gasteiger partial charge in [0, 0.05) is 26.2 Å². The second-order valence-corrected chi connectivity index (χ2v) is 9.95. The molecule has 4 rings (SSSR count). The van der Waals surface area contributed by atoms with Crippen molar-refractivity contribution in [2.45, 2.75) is 17.1 Å². The minimum atomic E-state index is -2.46. The summed E-state index contributed by atoms with van der Waals surface area (Å²) in [5, 5.41) is 13.3. The zero-order valence-electron chi connectivity index (χ0n) is 24.6. The minimum Gasteiger partial charge on any atom is -0.497 e. The maximum atomic E-state index is 16.4. The van der Waals surface area contributed by atoms with Crippen molar-refractivity contribution in [3.05, 3.63) is 113 Å². The summed E-state index contributed by atoms with van der Waals surface area (Å²) in [5.41, 5.74) is -3.49. The highest BCUT2D eigenvalue weighted by molar-refractivity contribution is 5.97. The summed E-state index contributed by atoms with van der Waals surface area (Å²) < 4.78 is 45.4. The third-order valence-corrected chi connectivity index (χ3v) is 7.57. The average molecular weight is 578 g/mol. The first-order chi connectivity index (χ1) is 20.2. The molecule has 0 aliphatic heterocycles. The van der Waals surface area contributed by atoms with E-state index >= 15 is 4.39 Å². The molecular weight excluding hydrogens is 541 g/mol. The molecule has 0 heterocycles. The Kier molecular flexibility index (Phi) is 8.94. The predicted octanol–water partition coefficient (Wildman–Crippen LogP) is 4.92. The van der Waals surface area contributed by atoms with Crippen LogP contribution in [0.25, 0.3) is 0 Å². The summed E-state index contributed by atoms with van der Waals surface area (Å²) in [6, 6.07) is 18.6. The number of rotatable bonds is 11. The van der Waals surface area contributed by atoms with E-state index in [1.54, 1.807) is 38.4 Å². The van der Waals surface area contributed by atoms with Crippen molar-refractivity contribution in [3.8, 4) is 17.2 Å². The predicted molar refractivity (Wildman–Crippen MR) is 156 cm³/mol. The molecule has 8 nitrogen and oxygen atoms in total. The van der Waals surface area contributed by atoms with E-state index in [-0.39, 0.29) is 35.0 Å². The number of amides is 1. The van der Waals surface area contributed by atoms with Gasteiger partial charge in [0.1, 0.15) is 34.4 Å². The molecular formula is C33H36FNO7. The standard InChI is InChI=1S/C33H36FNO7/c1-8-18-42-33(22-14-16-23(38-4)17-15-22)28(21-12-10-9-11-13-21)27(31(36)35(2)3)30(41-7)32(33,37)29-25(34)19-24(39-5)20-26(29)40-6/h8-17,19-20,28,37H,1,18H2,2-7H3/t28-,32+,33+/m1/s1. The maximum absolute atomic E-state index is 16.4. The highest BCUT2D eigenvalue weighted by Gasteiger charge is 2.71. The first kappa shape index (κ1) is 30.6. The molecule has 0 bridgehead atoms. The van der Waals surface area contributed by atoms with Crippen LogP contribution < -0.4 is 14.2 Å². The Balaban J connectivity index is 2.28. The highest BCUT2D eigenvalue weighted by atomic mass is 19.1. The number of halogens is 1. The lowest BCUT2D eigenvalue weighted by Crippen LogP contribution is -2.53. The van der Waals surface area contributed by atoms with Crippen LogP contribution in [0.1, 0.15) is 22.6 Å². The molecule has 0 saturated carbocycles. The molecule has 1 aliphatic carbocycles. The lowest BCUT2D eigenvalue weighted by Gasteiger charge is -2.47. The summed E-state index contributed by atoms with van der Waals surface area (Å²) in [5.74, 6) is -1.80. The van der Waals surface area contributed by atoms with Crippen molar-refractivity contribution in [1.29, 1.82) is 0 Å². The Labute approximate surface area is 245 Å². The van der Waals surface area contributed by atoms with Gasteiger partial charge in [0.25, 0.3) is 5.91 Å². The molecule has 222 valence electrons. The van der Waals surface area contributed by atoms with Gasteiger partial charge in [0.2, 0.25) is 0 Å². The van der Waals surface area contributed by atoms with Crippen LogP contribution in [0.5, 0.6) is 17.2 Å². The number of nitrogens with zero attached hydrogens (tertiary/aromatic N) is 1. The first-order valence-corrected chi connectivity index (χ1v) is 13.2. The van der Waals surface area contributed by atoms with Crippen LogP contribution >= 0.6 is 0 Å². The third-order valence-electron chi connectivity index (χ3n) is 7.57. The van der Waals surface area contributed by atoms with Crippen molar-refractivity contribution >= 4 is 5.91 Å². The summed E-state index contributed by atoms with van der Waals surface area (Å²) in [4.78, 5) is 15.5. The van der Waals surface area contributed by atoms with Crippen molar-refractivity contribution in [3.63, 3.8) is 0 Å². The quantitative estimate of drug-likeness (QED) is 0.324. The van der Waals surface area contributed by atoms with E-state index in [1.807, 2.05) is 30.3 Å². The van der Waals surface area contributed by atoms with Gasteiger partial charge in [0.05, 0.1) is 52.1 Å². The lowest BCUT2D eigenvalue weighted by molar-refractivity contribution is -0.186. The van der Waals surface area contributed by atoms with Crippen LogP contribution in [-0.2, 0) is 25.5 Å². The van der Waals surface area contributed by atoms with Crippen LogP contribution in [0.3, 0.4) is 0 Å². The van der Waals surface area contributed by atoms with E-state index in [0.717, 1.165) is 6.07 Å². The molecule has 9 heteroatoms. The van der Waals surface area contributed by atoms with Crippen LogP contribution in [0.2, 0.25) is 0 Å². The first-order valence-electron chi connectivity index (χ1n) is 13.2. The summed E-state index contributed by atoms with van der Waals surface area (Å²) in [7, 11) is 8.80. The van der Waals surface area contributed by atoms with Gasteiger partial charge in [-0.1, -0.05) is 48.5 Å². The molecule has 0 aromatic heterocycles. The number of aliphatic hydroxyl groups is 1. The van der Waals surface area contributed by atoms with Crippen molar-refractivity contribution in [2.24, 2.45) is 0 Å².